The lowest BCUT2D eigenvalue weighted by molar-refractivity contribution is 0.414. The number of pyridine rings is 1. The van der Waals surface area contributed by atoms with Crippen LogP contribution in [0.2, 0.25) is 5.02 Å². The summed E-state index contributed by atoms with van der Waals surface area (Å²) in [5, 5.41) is 7.88. The lowest BCUT2D eigenvalue weighted by Crippen LogP contribution is -2.39. The van der Waals surface area contributed by atoms with Crippen LogP contribution in [0.15, 0.2) is 39.6 Å². The van der Waals surface area contributed by atoms with Gasteiger partial charge in [0.2, 0.25) is 0 Å². The molecule has 1 saturated heterocycles. The largest absolute Gasteiger partial charge is 0.382 e. The maximum Gasteiger partial charge on any atom is 0.261 e. The third-order valence-corrected chi connectivity index (χ3v) is 6.46. The van der Waals surface area contributed by atoms with Gasteiger partial charge in [0.05, 0.1) is 27.3 Å². The zero-order chi connectivity index (χ0) is 21.5. The number of benzene rings is 2. The number of H-pyrrole nitrogens is 2. The fourth-order valence-electron chi connectivity index (χ4n) is 4.12. The summed E-state index contributed by atoms with van der Waals surface area (Å²) >= 11 is 9.45. The lowest BCUT2D eigenvalue weighted by atomic mass is 10.0. The molecule has 2 aromatic heterocycles. The van der Waals surface area contributed by atoms with E-state index in [1.54, 1.807) is 0 Å². The van der Waals surface area contributed by atoms with E-state index in [9.17, 15) is 9.18 Å². The summed E-state index contributed by atoms with van der Waals surface area (Å²) in [5.74, 6) is -0.191. The number of aromatic nitrogens is 3. The highest BCUT2D eigenvalue weighted by Crippen LogP contribution is 2.33. The van der Waals surface area contributed by atoms with E-state index in [1.165, 1.54) is 25.0 Å². The molecule has 3 heterocycles. The van der Waals surface area contributed by atoms with Gasteiger partial charge in [0.15, 0.2) is 0 Å². The highest BCUT2D eigenvalue weighted by atomic mass is 79.9. The maximum absolute atomic E-state index is 13.9. The summed E-state index contributed by atoms with van der Waals surface area (Å²) in [4.78, 5) is 23.7. The van der Waals surface area contributed by atoms with Crippen LogP contribution in [-0.2, 0) is 0 Å². The van der Waals surface area contributed by atoms with Gasteiger partial charge in [-0.3, -0.25) is 4.79 Å². The van der Waals surface area contributed by atoms with Crippen LogP contribution >= 0.6 is 27.5 Å². The SMILES string of the molecule is O=c1[nH]c2ccc(Br)cc2c(NCC2CCCCN2)c1-c1nc2cc(F)c(Cl)cc2[nH]1. The Morgan fingerprint density at radius 3 is 2.87 bits per heavy atom. The van der Waals surface area contributed by atoms with Crippen molar-refractivity contribution in [3.63, 3.8) is 0 Å². The van der Waals surface area contributed by atoms with Gasteiger partial charge >= 0.3 is 0 Å². The number of aromatic amines is 2. The predicted molar refractivity (Wildman–Crippen MR) is 126 cm³/mol. The molecular weight excluding hydrogens is 485 g/mol. The molecule has 1 aliphatic heterocycles. The molecule has 1 unspecified atom stereocenters. The van der Waals surface area contributed by atoms with Gasteiger partial charge in [0.25, 0.3) is 5.56 Å². The quantitative estimate of drug-likeness (QED) is 0.308. The monoisotopic (exact) mass is 503 g/mol. The molecule has 0 radical (unpaired) electrons. The Balaban J connectivity index is 1.67. The van der Waals surface area contributed by atoms with Crippen molar-refractivity contribution in [1.82, 2.24) is 20.3 Å². The standard InChI is InChI=1S/C22H20BrClFN5O/c23-11-4-5-16-13(7-11)20(27-10-12-3-1-2-6-26-12)19(22(31)30-16)21-28-17-8-14(24)15(25)9-18(17)29-21/h4-5,7-9,12,26H,1-3,6,10H2,(H,28,29)(H2,27,30,31). The first kappa shape index (κ1) is 20.5. The first-order valence-corrected chi connectivity index (χ1v) is 11.3. The molecule has 0 aliphatic carbocycles. The molecule has 31 heavy (non-hydrogen) atoms. The van der Waals surface area contributed by atoms with E-state index in [0.717, 1.165) is 28.3 Å². The van der Waals surface area contributed by atoms with Gasteiger partial charge in [-0.2, -0.15) is 0 Å². The minimum Gasteiger partial charge on any atom is -0.382 e. The van der Waals surface area contributed by atoms with Gasteiger partial charge in [-0.1, -0.05) is 34.0 Å². The van der Waals surface area contributed by atoms with Gasteiger partial charge in [0.1, 0.15) is 17.2 Å². The Bertz CT molecular complexity index is 1310. The molecule has 1 fully saturated rings. The normalized spacial score (nSPS) is 16.8. The summed E-state index contributed by atoms with van der Waals surface area (Å²) in [5.41, 5.74) is 2.49. The molecule has 0 bridgehead atoms. The molecule has 0 amide bonds. The van der Waals surface area contributed by atoms with Crippen LogP contribution in [-0.4, -0.2) is 34.1 Å². The molecular formula is C22H20BrClFN5O. The average Bonchev–Trinajstić information content (AvgIpc) is 3.15. The molecule has 0 spiro atoms. The Hall–Kier alpha value is -2.42. The van der Waals surface area contributed by atoms with E-state index >= 15 is 0 Å². The number of piperidine rings is 1. The molecule has 4 aromatic rings. The van der Waals surface area contributed by atoms with Crippen molar-refractivity contribution in [3.8, 4) is 11.4 Å². The number of fused-ring (bicyclic) bond motifs is 2. The fourth-order valence-corrected chi connectivity index (χ4v) is 4.65. The molecule has 160 valence electrons. The molecule has 2 aromatic carbocycles. The highest BCUT2D eigenvalue weighted by molar-refractivity contribution is 9.10. The number of rotatable bonds is 4. The van der Waals surface area contributed by atoms with E-state index in [1.807, 2.05) is 18.2 Å². The van der Waals surface area contributed by atoms with Crippen LogP contribution in [0.3, 0.4) is 0 Å². The summed E-state index contributed by atoms with van der Waals surface area (Å²) in [7, 11) is 0. The van der Waals surface area contributed by atoms with Crippen molar-refractivity contribution in [1.29, 1.82) is 0 Å². The number of nitrogens with one attached hydrogen (secondary N) is 4. The van der Waals surface area contributed by atoms with E-state index in [0.29, 0.717) is 40.7 Å². The molecule has 0 saturated carbocycles. The molecule has 6 nitrogen and oxygen atoms in total. The third-order valence-electron chi connectivity index (χ3n) is 5.67. The van der Waals surface area contributed by atoms with Gasteiger partial charge < -0.3 is 20.6 Å². The number of halogens is 3. The van der Waals surface area contributed by atoms with E-state index in [-0.39, 0.29) is 10.6 Å². The van der Waals surface area contributed by atoms with E-state index < -0.39 is 5.82 Å². The van der Waals surface area contributed by atoms with Crippen molar-refractivity contribution < 1.29 is 4.39 Å². The van der Waals surface area contributed by atoms with E-state index in [4.69, 9.17) is 11.6 Å². The fraction of sp³-hybridized carbons (Fsp3) is 0.273. The smallest absolute Gasteiger partial charge is 0.261 e. The van der Waals surface area contributed by atoms with Gasteiger partial charge in [-0.25, -0.2) is 9.37 Å². The van der Waals surface area contributed by atoms with E-state index in [2.05, 4.69) is 41.5 Å². The second-order valence-electron chi connectivity index (χ2n) is 7.79. The Morgan fingerprint density at radius 1 is 1.19 bits per heavy atom. The van der Waals surface area contributed by atoms with Crippen molar-refractivity contribution in [2.75, 3.05) is 18.4 Å². The number of anilines is 1. The maximum atomic E-state index is 13.9. The summed E-state index contributed by atoms with van der Waals surface area (Å²) in [6, 6.07) is 8.78. The van der Waals surface area contributed by atoms with Crippen LogP contribution in [0.4, 0.5) is 10.1 Å². The summed E-state index contributed by atoms with van der Waals surface area (Å²) in [6.07, 6.45) is 3.44. The van der Waals surface area contributed by atoms with Gasteiger partial charge in [0, 0.05) is 28.5 Å². The minimum atomic E-state index is -0.551. The van der Waals surface area contributed by atoms with Crippen molar-refractivity contribution in [2.24, 2.45) is 0 Å². The molecule has 4 N–H and O–H groups in total. The number of hydrogen-bond donors (Lipinski definition) is 4. The van der Waals surface area contributed by atoms with Crippen LogP contribution in [0.25, 0.3) is 33.3 Å². The lowest BCUT2D eigenvalue weighted by Gasteiger charge is -2.25. The Kier molecular flexibility index (Phi) is 5.45. The van der Waals surface area contributed by atoms with Crippen LogP contribution in [0.1, 0.15) is 19.3 Å². The molecule has 1 aliphatic rings. The Morgan fingerprint density at radius 2 is 2.06 bits per heavy atom. The van der Waals surface area contributed by atoms with Crippen LogP contribution < -0.4 is 16.2 Å². The van der Waals surface area contributed by atoms with Crippen molar-refractivity contribution >= 4 is 55.2 Å². The average molecular weight is 505 g/mol. The number of imidazole rings is 1. The predicted octanol–water partition coefficient (Wildman–Crippen LogP) is 5.18. The number of nitrogens with zero attached hydrogens (tertiary/aromatic N) is 1. The third kappa shape index (κ3) is 3.95. The first-order valence-electron chi connectivity index (χ1n) is 10.2. The summed E-state index contributed by atoms with van der Waals surface area (Å²) in [6.45, 7) is 1.68. The first-order chi connectivity index (χ1) is 15.0. The van der Waals surface area contributed by atoms with Gasteiger partial charge in [-0.15, -0.1) is 0 Å². The van der Waals surface area contributed by atoms with Crippen LogP contribution in [0.5, 0.6) is 0 Å². The minimum absolute atomic E-state index is 0.000716. The zero-order valence-corrected chi connectivity index (χ0v) is 18.8. The zero-order valence-electron chi connectivity index (χ0n) is 16.5. The second-order valence-corrected chi connectivity index (χ2v) is 9.11. The topological polar surface area (TPSA) is 85.6 Å². The highest BCUT2D eigenvalue weighted by Gasteiger charge is 2.20. The van der Waals surface area contributed by atoms with Crippen molar-refractivity contribution in [2.45, 2.75) is 25.3 Å². The molecule has 9 heteroatoms. The Labute approximate surface area is 190 Å². The van der Waals surface area contributed by atoms with Crippen LogP contribution in [0, 0.1) is 5.82 Å². The number of hydrogen-bond acceptors (Lipinski definition) is 4. The molecule has 5 rings (SSSR count). The van der Waals surface area contributed by atoms with Crippen molar-refractivity contribution in [3.05, 3.63) is 56.0 Å². The second kappa shape index (κ2) is 8.26. The van der Waals surface area contributed by atoms with Gasteiger partial charge in [-0.05, 0) is 43.7 Å². The summed E-state index contributed by atoms with van der Waals surface area (Å²) < 4.78 is 14.8. The molecule has 1 atom stereocenters.